The summed E-state index contributed by atoms with van der Waals surface area (Å²) >= 11 is 0. The van der Waals surface area contributed by atoms with Crippen LogP contribution in [0.2, 0.25) is 0 Å². The monoisotopic (exact) mass is 426 g/mol. The fraction of sp³-hybridized carbons (Fsp3) is 0.235. The number of alkyl halides is 2. The van der Waals surface area contributed by atoms with E-state index < -0.39 is 28.6 Å². The maximum Gasteiger partial charge on any atom is 0.387 e. The Hall–Kier alpha value is -3.28. The lowest BCUT2D eigenvalue weighted by molar-refractivity contribution is -0.117. The van der Waals surface area contributed by atoms with Gasteiger partial charge in [-0.15, -0.1) is 0 Å². The van der Waals surface area contributed by atoms with Crippen molar-refractivity contribution < 1.29 is 32.0 Å². The minimum Gasteiger partial charge on any atom is -0.493 e. The predicted molar refractivity (Wildman–Crippen MR) is 98.4 cm³/mol. The minimum atomic E-state index is -2.99. The van der Waals surface area contributed by atoms with E-state index >= 15 is 0 Å². The van der Waals surface area contributed by atoms with E-state index in [1.165, 1.54) is 44.7 Å². The van der Waals surface area contributed by atoms with E-state index in [1.807, 2.05) is 0 Å². The van der Waals surface area contributed by atoms with Crippen LogP contribution in [0.15, 0.2) is 35.6 Å². The number of hydrogen-bond donors (Lipinski definition) is 2. The van der Waals surface area contributed by atoms with Crippen LogP contribution in [-0.2, 0) is 15.6 Å². The number of hydrogen-bond acceptors (Lipinski definition) is 7. The first-order valence-electron chi connectivity index (χ1n) is 8.07. The molecular formula is C17H16F2N4O5S. The summed E-state index contributed by atoms with van der Waals surface area (Å²) in [6, 6.07) is 5.49. The normalized spacial score (nSPS) is 13.3. The van der Waals surface area contributed by atoms with Gasteiger partial charge in [0.1, 0.15) is 22.2 Å². The summed E-state index contributed by atoms with van der Waals surface area (Å²) in [5.74, 6) is -0.643. The molecule has 2 aromatic heterocycles. The fourth-order valence-electron chi connectivity index (χ4n) is 2.69. The summed E-state index contributed by atoms with van der Waals surface area (Å²) in [7, 11) is 0.639. The highest BCUT2D eigenvalue weighted by molar-refractivity contribution is 7.85. The van der Waals surface area contributed by atoms with Crippen molar-refractivity contribution in [2.75, 3.05) is 14.2 Å². The Morgan fingerprint density at radius 1 is 1.24 bits per heavy atom. The van der Waals surface area contributed by atoms with Crippen LogP contribution in [0, 0.1) is 0 Å². The number of pyridine rings is 1. The Kier molecular flexibility index (Phi) is 5.92. The van der Waals surface area contributed by atoms with Gasteiger partial charge >= 0.3 is 6.61 Å². The Morgan fingerprint density at radius 2 is 2.00 bits per heavy atom. The molecule has 0 aliphatic heterocycles. The number of methoxy groups -OCH3 is 2. The van der Waals surface area contributed by atoms with Gasteiger partial charge in [-0.05, 0) is 12.1 Å². The van der Waals surface area contributed by atoms with Crippen molar-refractivity contribution >= 4 is 27.7 Å². The zero-order valence-electron chi connectivity index (χ0n) is 15.2. The van der Waals surface area contributed by atoms with Crippen LogP contribution in [0.5, 0.6) is 17.2 Å². The molecule has 0 saturated heterocycles. The number of H-pyrrole nitrogens is 1. The van der Waals surface area contributed by atoms with Gasteiger partial charge in [-0.3, -0.25) is 9.78 Å². The van der Waals surface area contributed by atoms with E-state index in [9.17, 15) is 17.8 Å². The summed E-state index contributed by atoms with van der Waals surface area (Å²) in [5.41, 5.74) is 6.12. The molecule has 3 rings (SSSR count). The zero-order chi connectivity index (χ0) is 21.1. The van der Waals surface area contributed by atoms with E-state index in [4.69, 9.17) is 15.2 Å². The average Bonchev–Trinajstić information content (AvgIpc) is 3.10. The molecule has 3 aromatic rings. The number of fused-ring (bicyclic) bond motifs is 1. The van der Waals surface area contributed by atoms with Crippen LogP contribution in [0.3, 0.4) is 0 Å². The first-order chi connectivity index (χ1) is 13.8. The summed E-state index contributed by atoms with van der Waals surface area (Å²) in [6.45, 7) is -2.99. The molecule has 0 fully saturated rings. The van der Waals surface area contributed by atoms with Crippen LogP contribution >= 0.6 is 0 Å². The molecule has 2 unspecified atom stereocenters. The third kappa shape index (κ3) is 4.11. The lowest BCUT2D eigenvalue weighted by atomic mass is 10.2. The Bertz CT molecular complexity index is 1080. The number of nitrogens with two attached hydrogens (primary N) is 1. The second-order valence-corrected chi connectivity index (χ2v) is 7.06. The van der Waals surface area contributed by atoms with E-state index in [0.717, 1.165) is 0 Å². The molecule has 2 atom stereocenters. The van der Waals surface area contributed by atoms with Crippen LogP contribution in [0.1, 0.15) is 10.9 Å². The number of carbonyl (C=O) groups is 1. The van der Waals surface area contributed by atoms with Gasteiger partial charge in [0.15, 0.2) is 21.9 Å². The first-order valence-corrected chi connectivity index (χ1v) is 9.28. The van der Waals surface area contributed by atoms with Gasteiger partial charge in [0.2, 0.25) is 5.91 Å². The molecule has 0 spiro atoms. The molecule has 2 heterocycles. The number of halogens is 2. The van der Waals surface area contributed by atoms with Crippen LogP contribution in [0.25, 0.3) is 11.0 Å². The van der Waals surface area contributed by atoms with Gasteiger partial charge in [-0.2, -0.15) is 8.78 Å². The Morgan fingerprint density at radius 3 is 2.62 bits per heavy atom. The lowest BCUT2D eigenvalue weighted by Crippen LogP contribution is -2.27. The van der Waals surface area contributed by atoms with Crippen molar-refractivity contribution in [2.45, 2.75) is 17.0 Å². The molecule has 3 N–H and O–H groups in total. The zero-order valence-corrected chi connectivity index (χ0v) is 16.0. The number of amides is 1. The van der Waals surface area contributed by atoms with Gasteiger partial charge in [-0.1, -0.05) is 0 Å². The number of aromatic amines is 1. The van der Waals surface area contributed by atoms with Gasteiger partial charge in [0, 0.05) is 18.3 Å². The number of carbonyl (C=O) groups excluding carboxylic acids is 1. The van der Waals surface area contributed by atoms with Crippen molar-refractivity contribution in [3.8, 4) is 17.2 Å². The molecule has 0 radical (unpaired) electrons. The molecule has 1 amide bonds. The molecule has 29 heavy (non-hydrogen) atoms. The lowest BCUT2D eigenvalue weighted by Gasteiger charge is -2.16. The molecule has 0 saturated carbocycles. The van der Waals surface area contributed by atoms with Gasteiger partial charge in [0.25, 0.3) is 0 Å². The van der Waals surface area contributed by atoms with E-state index in [2.05, 4.69) is 19.7 Å². The molecule has 1 aromatic carbocycles. The Balaban J connectivity index is 2.03. The standard InChI is InChI=1S/C17H16F2N4O5S/c1-26-11-5-6-21-12(13(11)27-2)14(15(20)24)29(25)17-22-9-4-3-8(28-16(18)19)7-10(9)23-17/h3-7,14,16H,1-2H3,(H2,20,24)(H,22,23). The number of primary amides is 1. The molecule has 0 aliphatic carbocycles. The van der Waals surface area contributed by atoms with Crippen molar-refractivity contribution in [3.05, 3.63) is 36.2 Å². The maximum atomic E-state index is 13.1. The SMILES string of the molecule is COc1ccnc(C(C(N)=O)S(=O)c2nc3ccc(OC(F)F)cc3[nH]2)c1OC. The average molecular weight is 426 g/mol. The third-order valence-electron chi connectivity index (χ3n) is 3.89. The number of aromatic nitrogens is 3. The molecule has 9 nitrogen and oxygen atoms in total. The quantitative estimate of drug-likeness (QED) is 0.563. The van der Waals surface area contributed by atoms with Gasteiger partial charge in [-0.25, -0.2) is 9.19 Å². The van der Waals surface area contributed by atoms with E-state index in [-0.39, 0.29) is 28.1 Å². The van der Waals surface area contributed by atoms with E-state index in [0.29, 0.717) is 11.0 Å². The molecule has 12 heteroatoms. The van der Waals surface area contributed by atoms with Crippen molar-refractivity contribution in [1.82, 2.24) is 15.0 Å². The summed E-state index contributed by atoms with van der Waals surface area (Å²) in [6.07, 6.45) is 1.36. The second-order valence-electron chi connectivity index (χ2n) is 5.61. The highest BCUT2D eigenvalue weighted by Crippen LogP contribution is 2.36. The summed E-state index contributed by atoms with van der Waals surface area (Å²) < 4.78 is 52.7. The number of nitrogens with one attached hydrogen (secondary N) is 1. The largest absolute Gasteiger partial charge is 0.493 e. The molecular weight excluding hydrogens is 410 g/mol. The van der Waals surface area contributed by atoms with E-state index in [1.54, 1.807) is 0 Å². The summed E-state index contributed by atoms with van der Waals surface area (Å²) in [4.78, 5) is 23.1. The van der Waals surface area contributed by atoms with Crippen molar-refractivity contribution in [1.29, 1.82) is 0 Å². The number of rotatable bonds is 8. The Labute approximate surface area is 165 Å². The van der Waals surface area contributed by atoms with Crippen LogP contribution < -0.4 is 19.9 Å². The van der Waals surface area contributed by atoms with Gasteiger partial charge in [0.05, 0.1) is 25.3 Å². The summed E-state index contributed by atoms with van der Waals surface area (Å²) in [5, 5.41) is -1.50. The number of benzene rings is 1. The molecule has 0 aliphatic rings. The molecule has 154 valence electrons. The van der Waals surface area contributed by atoms with Crippen LogP contribution in [0.4, 0.5) is 8.78 Å². The topological polar surface area (TPSA) is 129 Å². The smallest absolute Gasteiger partial charge is 0.387 e. The highest BCUT2D eigenvalue weighted by Gasteiger charge is 2.33. The van der Waals surface area contributed by atoms with Crippen molar-refractivity contribution in [2.24, 2.45) is 5.73 Å². The third-order valence-corrected chi connectivity index (χ3v) is 5.35. The highest BCUT2D eigenvalue weighted by atomic mass is 32.2. The first kappa shape index (κ1) is 20.5. The second kappa shape index (κ2) is 8.39. The van der Waals surface area contributed by atoms with Crippen molar-refractivity contribution in [3.63, 3.8) is 0 Å². The fourth-order valence-corrected chi connectivity index (χ4v) is 3.89. The maximum absolute atomic E-state index is 13.1. The predicted octanol–water partition coefficient (Wildman–Crippen LogP) is 1.91. The van der Waals surface area contributed by atoms with Crippen LogP contribution in [-0.4, -0.2) is 45.9 Å². The molecule has 0 bridgehead atoms. The number of imidazole rings is 1. The number of nitrogens with zero attached hydrogens (tertiary/aromatic N) is 2. The van der Waals surface area contributed by atoms with Gasteiger partial charge < -0.3 is 24.9 Å². The minimum absolute atomic E-state index is 0.0138. The number of ether oxygens (including phenoxy) is 3.